The van der Waals surface area contributed by atoms with Crippen molar-refractivity contribution in [2.24, 2.45) is 5.92 Å². The fourth-order valence-electron chi connectivity index (χ4n) is 2.11. The van der Waals surface area contributed by atoms with Crippen molar-refractivity contribution in [3.05, 3.63) is 29.8 Å². The Bertz CT molecular complexity index is 443. The van der Waals surface area contributed by atoms with Crippen molar-refractivity contribution in [2.75, 3.05) is 18.5 Å². The Morgan fingerprint density at radius 2 is 2.00 bits per heavy atom. The van der Waals surface area contributed by atoms with Gasteiger partial charge in [-0.2, -0.15) is 0 Å². The standard InChI is InChI=1S/C14H18N2O2/c1-10-3-6-12(7-4-10)16(2)14(18)11-5-8-13(17)15-9-11/h3-4,6-7,11H,5,8-9H2,1-2H3,(H,15,17). The molecule has 1 heterocycles. The van der Waals surface area contributed by atoms with Crippen LogP contribution in [-0.4, -0.2) is 25.4 Å². The highest BCUT2D eigenvalue weighted by Crippen LogP contribution is 2.19. The van der Waals surface area contributed by atoms with E-state index in [0.29, 0.717) is 19.4 Å². The second-order valence-corrected chi connectivity index (χ2v) is 4.77. The maximum atomic E-state index is 12.3. The Hall–Kier alpha value is -1.84. The molecule has 1 aromatic rings. The molecule has 1 saturated heterocycles. The number of hydrogen-bond acceptors (Lipinski definition) is 2. The molecule has 1 aromatic carbocycles. The highest BCUT2D eigenvalue weighted by atomic mass is 16.2. The lowest BCUT2D eigenvalue weighted by molar-refractivity contribution is -0.127. The number of anilines is 1. The third-order valence-electron chi connectivity index (χ3n) is 3.37. The van der Waals surface area contributed by atoms with Crippen LogP contribution in [0.3, 0.4) is 0 Å². The minimum absolute atomic E-state index is 0.0389. The van der Waals surface area contributed by atoms with Crippen molar-refractivity contribution >= 4 is 17.5 Å². The molecule has 4 nitrogen and oxygen atoms in total. The van der Waals surface area contributed by atoms with Gasteiger partial charge in [0.1, 0.15) is 0 Å². The molecule has 0 aliphatic carbocycles. The zero-order valence-electron chi connectivity index (χ0n) is 10.8. The summed E-state index contributed by atoms with van der Waals surface area (Å²) >= 11 is 0. The number of benzene rings is 1. The van der Waals surface area contributed by atoms with E-state index in [0.717, 1.165) is 5.69 Å². The first-order chi connectivity index (χ1) is 8.58. The quantitative estimate of drug-likeness (QED) is 0.859. The summed E-state index contributed by atoms with van der Waals surface area (Å²) in [6, 6.07) is 7.85. The van der Waals surface area contributed by atoms with E-state index in [1.54, 1.807) is 11.9 Å². The van der Waals surface area contributed by atoms with Gasteiger partial charge in [-0.1, -0.05) is 17.7 Å². The molecule has 1 unspecified atom stereocenters. The SMILES string of the molecule is Cc1ccc(N(C)C(=O)C2CCC(=O)NC2)cc1. The minimum atomic E-state index is -0.103. The van der Waals surface area contributed by atoms with Crippen molar-refractivity contribution in [3.8, 4) is 0 Å². The second kappa shape index (κ2) is 5.21. The molecule has 0 bridgehead atoms. The molecule has 1 N–H and O–H groups in total. The summed E-state index contributed by atoms with van der Waals surface area (Å²) in [6.07, 6.45) is 1.08. The van der Waals surface area contributed by atoms with Gasteiger partial charge < -0.3 is 10.2 Å². The van der Waals surface area contributed by atoms with Gasteiger partial charge in [0.25, 0.3) is 0 Å². The summed E-state index contributed by atoms with van der Waals surface area (Å²) in [5.41, 5.74) is 2.06. The lowest BCUT2D eigenvalue weighted by Gasteiger charge is -2.26. The van der Waals surface area contributed by atoms with Crippen molar-refractivity contribution in [3.63, 3.8) is 0 Å². The van der Waals surface area contributed by atoms with Gasteiger partial charge in [-0.3, -0.25) is 9.59 Å². The molecular formula is C14H18N2O2. The van der Waals surface area contributed by atoms with Gasteiger partial charge in [-0.05, 0) is 25.5 Å². The molecule has 0 spiro atoms. The van der Waals surface area contributed by atoms with Crippen LogP contribution in [-0.2, 0) is 9.59 Å². The number of carbonyl (C=O) groups excluding carboxylic acids is 2. The van der Waals surface area contributed by atoms with Crippen LogP contribution in [0.25, 0.3) is 0 Å². The molecule has 2 rings (SSSR count). The van der Waals surface area contributed by atoms with Gasteiger partial charge in [-0.25, -0.2) is 0 Å². The molecule has 18 heavy (non-hydrogen) atoms. The molecule has 1 fully saturated rings. The summed E-state index contributed by atoms with van der Waals surface area (Å²) in [4.78, 5) is 25.0. The molecule has 1 atom stereocenters. The summed E-state index contributed by atoms with van der Waals surface area (Å²) in [5.74, 6) is 0.00453. The lowest BCUT2D eigenvalue weighted by atomic mass is 9.97. The fraction of sp³-hybridized carbons (Fsp3) is 0.429. The number of carbonyl (C=O) groups is 2. The van der Waals surface area contributed by atoms with E-state index < -0.39 is 0 Å². The molecule has 0 radical (unpaired) electrons. The number of hydrogen-bond donors (Lipinski definition) is 1. The Kier molecular flexibility index (Phi) is 3.65. The van der Waals surface area contributed by atoms with E-state index in [4.69, 9.17) is 0 Å². The topological polar surface area (TPSA) is 49.4 Å². The first kappa shape index (κ1) is 12.6. The number of rotatable bonds is 2. The molecule has 4 heteroatoms. The summed E-state index contributed by atoms with van der Waals surface area (Å²) in [7, 11) is 1.78. The molecule has 2 amide bonds. The Morgan fingerprint density at radius 1 is 1.33 bits per heavy atom. The van der Waals surface area contributed by atoms with Crippen molar-refractivity contribution in [1.82, 2.24) is 5.32 Å². The maximum Gasteiger partial charge on any atom is 0.231 e. The molecule has 1 aliphatic rings. The van der Waals surface area contributed by atoms with Gasteiger partial charge in [0, 0.05) is 25.7 Å². The van der Waals surface area contributed by atoms with Crippen molar-refractivity contribution < 1.29 is 9.59 Å². The molecule has 1 aliphatic heterocycles. The van der Waals surface area contributed by atoms with Gasteiger partial charge in [0.15, 0.2) is 0 Å². The van der Waals surface area contributed by atoms with Crippen molar-refractivity contribution in [2.45, 2.75) is 19.8 Å². The third kappa shape index (κ3) is 2.70. The highest BCUT2D eigenvalue weighted by Gasteiger charge is 2.27. The van der Waals surface area contributed by atoms with E-state index >= 15 is 0 Å². The van der Waals surface area contributed by atoms with Crippen LogP contribution in [0.2, 0.25) is 0 Å². The van der Waals surface area contributed by atoms with Gasteiger partial charge >= 0.3 is 0 Å². The molecule has 0 aromatic heterocycles. The van der Waals surface area contributed by atoms with Crippen LogP contribution in [0.5, 0.6) is 0 Å². The van der Waals surface area contributed by atoms with Crippen LogP contribution >= 0.6 is 0 Å². The summed E-state index contributed by atoms with van der Waals surface area (Å²) < 4.78 is 0. The number of amides is 2. The smallest absolute Gasteiger partial charge is 0.231 e. The fourth-order valence-corrected chi connectivity index (χ4v) is 2.11. The molecule has 96 valence electrons. The summed E-state index contributed by atoms with van der Waals surface area (Å²) in [6.45, 7) is 2.47. The highest BCUT2D eigenvalue weighted by molar-refractivity contribution is 5.95. The molecular weight excluding hydrogens is 228 g/mol. The van der Waals surface area contributed by atoms with Gasteiger partial charge in [0.2, 0.25) is 11.8 Å². The van der Waals surface area contributed by atoms with E-state index in [1.807, 2.05) is 31.2 Å². The van der Waals surface area contributed by atoms with Crippen molar-refractivity contribution in [1.29, 1.82) is 0 Å². The first-order valence-corrected chi connectivity index (χ1v) is 6.19. The van der Waals surface area contributed by atoms with E-state index in [2.05, 4.69) is 5.32 Å². The molecule has 0 saturated carbocycles. The van der Waals surface area contributed by atoms with Gasteiger partial charge in [0.05, 0.1) is 5.92 Å². The normalized spacial score (nSPS) is 19.2. The zero-order chi connectivity index (χ0) is 13.1. The number of piperidine rings is 1. The predicted octanol–water partition coefficient (Wildman–Crippen LogP) is 1.48. The van der Waals surface area contributed by atoms with Crippen LogP contribution in [0.15, 0.2) is 24.3 Å². The van der Waals surface area contributed by atoms with Gasteiger partial charge in [-0.15, -0.1) is 0 Å². The van der Waals surface area contributed by atoms with E-state index in [1.165, 1.54) is 5.56 Å². The Balaban J connectivity index is 2.04. The van der Waals surface area contributed by atoms with Crippen LogP contribution < -0.4 is 10.2 Å². The van der Waals surface area contributed by atoms with Crippen LogP contribution in [0.1, 0.15) is 18.4 Å². The Labute approximate surface area is 107 Å². The summed E-state index contributed by atoms with van der Waals surface area (Å²) in [5, 5.41) is 2.74. The maximum absolute atomic E-state index is 12.3. The van der Waals surface area contributed by atoms with E-state index in [-0.39, 0.29) is 17.7 Å². The number of nitrogens with zero attached hydrogens (tertiary/aromatic N) is 1. The number of nitrogens with one attached hydrogen (secondary N) is 1. The minimum Gasteiger partial charge on any atom is -0.355 e. The second-order valence-electron chi connectivity index (χ2n) is 4.77. The predicted molar refractivity (Wildman–Crippen MR) is 70.3 cm³/mol. The Morgan fingerprint density at radius 3 is 2.56 bits per heavy atom. The lowest BCUT2D eigenvalue weighted by Crippen LogP contribution is -2.43. The zero-order valence-corrected chi connectivity index (χ0v) is 10.8. The first-order valence-electron chi connectivity index (χ1n) is 6.19. The average Bonchev–Trinajstić information content (AvgIpc) is 2.39. The number of aryl methyl sites for hydroxylation is 1. The monoisotopic (exact) mass is 246 g/mol. The average molecular weight is 246 g/mol. The largest absolute Gasteiger partial charge is 0.355 e. The van der Waals surface area contributed by atoms with E-state index in [9.17, 15) is 9.59 Å². The third-order valence-corrected chi connectivity index (χ3v) is 3.37. The van der Waals surface area contributed by atoms with Crippen LogP contribution in [0.4, 0.5) is 5.69 Å². The van der Waals surface area contributed by atoms with Crippen LogP contribution in [0, 0.1) is 12.8 Å².